The van der Waals surface area contributed by atoms with E-state index in [1.165, 1.54) is 23.8 Å². The molecule has 1 atom stereocenters. The smallest absolute Gasteiger partial charge is 0.286 e. The van der Waals surface area contributed by atoms with E-state index in [1.807, 2.05) is 0 Å². The molecule has 8 nitrogen and oxygen atoms in total. The van der Waals surface area contributed by atoms with Crippen molar-refractivity contribution >= 4 is 27.3 Å². The summed E-state index contributed by atoms with van der Waals surface area (Å²) in [6.45, 7) is 4.28. The number of hydrogen-bond donors (Lipinski definition) is 3. The van der Waals surface area contributed by atoms with Crippen LogP contribution in [0.4, 0.5) is 0 Å². The van der Waals surface area contributed by atoms with Gasteiger partial charge in [-0.05, 0) is 37.6 Å². The summed E-state index contributed by atoms with van der Waals surface area (Å²) in [5.41, 5.74) is 1.51. The van der Waals surface area contributed by atoms with Crippen molar-refractivity contribution in [3.63, 3.8) is 0 Å². The molecule has 2 aromatic rings. The fourth-order valence-corrected chi connectivity index (χ4v) is 4.14. The van der Waals surface area contributed by atoms with Crippen LogP contribution in [0.5, 0.6) is 5.75 Å². The van der Waals surface area contributed by atoms with E-state index in [4.69, 9.17) is 9.94 Å². The Morgan fingerprint density at radius 2 is 2.04 bits per heavy atom. The SMILES string of the molecule is CCCCOc1ccc(S(=O)(=O)NC(C)c2ncc(C(=O)NO)s2)cc1. The van der Waals surface area contributed by atoms with Crippen molar-refractivity contribution < 1.29 is 23.2 Å². The van der Waals surface area contributed by atoms with Crippen molar-refractivity contribution in [2.24, 2.45) is 0 Å². The number of amides is 1. The summed E-state index contributed by atoms with van der Waals surface area (Å²) in [6, 6.07) is 5.54. The van der Waals surface area contributed by atoms with Gasteiger partial charge in [0, 0.05) is 0 Å². The molecule has 1 heterocycles. The minimum atomic E-state index is -3.75. The number of hydrogen-bond acceptors (Lipinski definition) is 7. The largest absolute Gasteiger partial charge is 0.494 e. The summed E-state index contributed by atoms with van der Waals surface area (Å²) >= 11 is 0.993. The number of benzene rings is 1. The van der Waals surface area contributed by atoms with Gasteiger partial charge in [-0.2, -0.15) is 0 Å². The van der Waals surface area contributed by atoms with E-state index in [2.05, 4.69) is 16.6 Å². The average molecular weight is 399 g/mol. The molecule has 3 N–H and O–H groups in total. The first kappa shape index (κ1) is 20.3. The zero-order chi connectivity index (χ0) is 19.2. The van der Waals surface area contributed by atoms with Crippen molar-refractivity contribution in [3.8, 4) is 5.75 Å². The molecule has 1 amide bonds. The van der Waals surface area contributed by atoms with Crippen LogP contribution in [-0.4, -0.2) is 31.1 Å². The second kappa shape index (κ2) is 9.08. The molecule has 1 aromatic carbocycles. The summed E-state index contributed by atoms with van der Waals surface area (Å²) in [4.78, 5) is 15.7. The molecule has 0 saturated heterocycles. The Kier molecular flexibility index (Phi) is 7.09. The van der Waals surface area contributed by atoms with Gasteiger partial charge in [0.2, 0.25) is 10.0 Å². The van der Waals surface area contributed by atoms with Gasteiger partial charge in [0.25, 0.3) is 5.91 Å². The van der Waals surface area contributed by atoms with E-state index < -0.39 is 22.0 Å². The fourth-order valence-electron chi connectivity index (χ4n) is 2.05. The van der Waals surface area contributed by atoms with Crippen LogP contribution in [0.25, 0.3) is 0 Å². The summed E-state index contributed by atoms with van der Waals surface area (Å²) in [6.07, 6.45) is 3.23. The number of rotatable bonds is 9. The van der Waals surface area contributed by atoms with Crippen LogP contribution in [0.1, 0.15) is 47.4 Å². The van der Waals surface area contributed by atoms with Crippen LogP contribution in [0.15, 0.2) is 35.4 Å². The number of carbonyl (C=O) groups is 1. The first-order valence-corrected chi connectivity index (χ1v) is 10.3. The molecule has 0 aliphatic carbocycles. The van der Waals surface area contributed by atoms with Crippen LogP contribution < -0.4 is 14.9 Å². The van der Waals surface area contributed by atoms with Gasteiger partial charge in [-0.25, -0.2) is 23.6 Å². The van der Waals surface area contributed by atoms with Crippen molar-refractivity contribution in [3.05, 3.63) is 40.3 Å². The zero-order valence-corrected chi connectivity index (χ0v) is 16.1. The van der Waals surface area contributed by atoms with E-state index in [-0.39, 0.29) is 9.77 Å². The van der Waals surface area contributed by atoms with Gasteiger partial charge in [0.15, 0.2) is 0 Å². The maximum atomic E-state index is 12.5. The van der Waals surface area contributed by atoms with Gasteiger partial charge >= 0.3 is 0 Å². The Morgan fingerprint density at radius 1 is 1.35 bits per heavy atom. The number of sulfonamides is 1. The molecule has 1 aromatic heterocycles. The number of unbranched alkanes of at least 4 members (excludes halogenated alkanes) is 1. The monoisotopic (exact) mass is 399 g/mol. The first-order valence-electron chi connectivity index (χ1n) is 8.02. The number of nitrogens with zero attached hydrogens (tertiary/aromatic N) is 1. The predicted octanol–water partition coefficient (Wildman–Crippen LogP) is 2.48. The minimum Gasteiger partial charge on any atom is -0.494 e. The molecule has 10 heteroatoms. The molecule has 0 spiro atoms. The third-order valence-corrected chi connectivity index (χ3v) is 6.19. The summed E-state index contributed by atoms with van der Waals surface area (Å²) in [7, 11) is -3.75. The van der Waals surface area contributed by atoms with Crippen molar-refractivity contribution in [1.82, 2.24) is 15.2 Å². The Bertz CT molecular complexity index is 834. The highest BCUT2D eigenvalue weighted by molar-refractivity contribution is 7.89. The lowest BCUT2D eigenvalue weighted by Gasteiger charge is -2.12. The topological polar surface area (TPSA) is 118 Å². The normalized spacial score (nSPS) is 12.6. The Labute approximate surface area is 156 Å². The second-order valence-electron chi connectivity index (χ2n) is 5.52. The molecule has 2 rings (SSSR count). The number of carbonyl (C=O) groups excluding carboxylic acids is 1. The minimum absolute atomic E-state index is 0.108. The van der Waals surface area contributed by atoms with Crippen LogP contribution in [0.2, 0.25) is 0 Å². The van der Waals surface area contributed by atoms with Crippen LogP contribution >= 0.6 is 11.3 Å². The Morgan fingerprint density at radius 3 is 2.65 bits per heavy atom. The van der Waals surface area contributed by atoms with Crippen molar-refractivity contribution in [1.29, 1.82) is 0 Å². The highest BCUT2D eigenvalue weighted by Crippen LogP contribution is 2.23. The summed E-state index contributed by atoms with van der Waals surface area (Å²) in [5, 5.41) is 9.03. The second-order valence-corrected chi connectivity index (χ2v) is 8.30. The molecule has 0 bridgehead atoms. The first-order chi connectivity index (χ1) is 12.4. The lowest BCUT2D eigenvalue weighted by atomic mass is 10.3. The summed E-state index contributed by atoms with van der Waals surface area (Å²) in [5.74, 6) is -0.0764. The van der Waals surface area contributed by atoms with E-state index in [0.717, 1.165) is 24.2 Å². The molecular weight excluding hydrogens is 378 g/mol. The molecule has 26 heavy (non-hydrogen) atoms. The van der Waals surface area contributed by atoms with Crippen LogP contribution in [0, 0.1) is 0 Å². The van der Waals surface area contributed by atoms with Crippen molar-refractivity contribution in [2.75, 3.05) is 6.61 Å². The van der Waals surface area contributed by atoms with Gasteiger partial charge in [-0.1, -0.05) is 13.3 Å². The molecule has 0 aliphatic rings. The maximum Gasteiger partial charge on any atom is 0.286 e. The zero-order valence-electron chi connectivity index (χ0n) is 14.4. The van der Waals surface area contributed by atoms with Crippen molar-refractivity contribution in [2.45, 2.75) is 37.6 Å². The molecule has 0 saturated carbocycles. The van der Waals surface area contributed by atoms with Gasteiger partial charge in [-0.15, -0.1) is 11.3 Å². The van der Waals surface area contributed by atoms with Gasteiger partial charge in [0.05, 0.1) is 23.7 Å². The van der Waals surface area contributed by atoms with Gasteiger partial charge in [-0.3, -0.25) is 10.0 Å². The lowest BCUT2D eigenvalue weighted by molar-refractivity contribution is 0.0710. The van der Waals surface area contributed by atoms with Crippen LogP contribution in [0.3, 0.4) is 0 Å². The molecule has 142 valence electrons. The van der Waals surface area contributed by atoms with Gasteiger partial charge < -0.3 is 4.74 Å². The fraction of sp³-hybridized carbons (Fsp3) is 0.375. The third-order valence-electron chi connectivity index (χ3n) is 3.45. The quantitative estimate of drug-likeness (QED) is 0.339. The third kappa shape index (κ3) is 5.24. The number of aromatic nitrogens is 1. The highest BCUT2D eigenvalue weighted by atomic mass is 32.2. The number of hydroxylamine groups is 1. The Hall–Kier alpha value is -2.01. The average Bonchev–Trinajstić information content (AvgIpc) is 3.12. The molecular formula is C16H21N3O5S2. The molecule has 0 radical (unpaired) electrons. The van der Waals surface area contributed by atoms with E-state index in [9.17, 15) is 13.2 Å². The van der Waals surface area contributed by atoms with E-state index >= 15 is 0 Å². The number of nitrogens with one attached hydrogen (secondary N) is 2. The van der Waals surface area contributed by atoms with E-state index in [0.29, 0.717) is 17.4 Å². The lowest BCUT2D eigenvalue weighted by Crippen LogP contribution is -2.26. The number of thiazole rings is 1. The molecule has 0 aliphatic heterocycles. The number of ether oxygens (including phenoxy) is 1. The standard InChI is InChI=1S/C16H21N3O5S2/c1-3-4-9-24-12-5-7-13(8-6-12)26(22,23)19-11(2)16-17-10-14(25-16)15(20)18-21/h5-8,10-11,19,21H,3-4,9H2,1-2H3,(H,18,20). The van der Waals surface area contributed by atoms with E-state index in [1.54, 1.807) is 19.1 Å². The van der Waals surface area contributed by atoms with Gasteiger partial charge in [0.1, 0.15) is 15.6 Å². The Balaban J connectivity index is 2.05. The van der Waals surface area contributed by atoms with Crippen LogP contribution in [-0.2, 0) is 10.0 Å². The maximum absolute atomic E-state index is 12.5. The summed E-state index contributed by atoms with van der Waals surface area (Å²) < 4.78 is 33.0. The predicted molar refractivity (Wildman–Crippen MR) is 96.9 cm³/mol. The molecule has 0 fully saturated rings. The highest BCUT2D eigenvalue weighted by Gasteiger charge is 2.21. The molecule has 1 unspecified atom stereocenters.